The van der Waals surface area contributed by atoms with Crippen LogP contribution in [0.15, 0.2) is 213 Å². The zero-order chi connectivity index (χ0) is 71.1. The van der Waals surface area contributed by atoms with E-state index in [1.807, 2.05) is 36.4 Å². The summed E-state index contributed by atoms with van der Waals surface area (Å²) in [5.41, 5.74) is 22.0. The third kappa shape index (κ3) is 16.4. The Kier molecular flexibility index (Phi) is 18.9. The third-order valence-corrected chi connectivity index (χ3v) is 18.3. The maximum Gasteiger partial charge on any atom is 0.248 e. The fourth-order valence-corrected chi connectivity index (χ4v) is 11.7. The lowest BCUT2D eigenvalue weighted by atomic mass is 9.79. The molecule has 3 heterocycles. The van der Waals surface area contributed by atoms with Crippen molar-refractivity contribution in [2.45, 2.75) is 157 Å². The minimum Gasteiger partial charge on any atom is -0.416 e. The third-order valence-electron chi connectivity index (χ3n) is 18.3. The first-order valence-corrected chi connectivity index (χ1v) is 34.7. The lowest BCUT2D eigenvalue weighted by molar-refractivity contribution is 0.563. The first-order chi connectivity index (χ1) is 47.2. The Morgan fingerprint density at radius 1 is 0.210 bits per heavy atom. The molecule has 0 aliphatic rings. The first-order valence-electron chi connectivity index (χ1n) is 34.7. The zero-order valence-corrected chi connectivity index (χ0v) is 61.4. The number of nitrogens with zero attached hydrogens (tertiary/aromatic N) is 7. The molecule has 506 valence electrons. The van der Waals surface area contributed by atoms with Gasteiger partial charge in [-0.2, -0.15) is 0 Å². The summed E-state index contributed by atoms with van der Waals surface area (Å²) in [7, 11) is 0. The van der Waals surface area contributed by atoms with Gasteiger partial charge in [0.05, 0.1) is 0 Å². The van der Waals surface area contributed by atoms with Gasteiger partial charge in [0.25, 0.3) is 0 Å². The molecule has 0 spiro atoms. The Labute approximate surface area is 591 Å². The van der Waals surface area contributed by atoms with Crippen molar-refractivity contribution in [3.8, 4) is 68.7 Å². The average Bonchev–Trinajstić information content (AvgIpc) is 1.44. The SMILES string of the molecule is CC(C)(C)c1cc(-c2nnc(-c3ccc(/C=C/c4ccc(N(c5ccc(/C=C/c6ccc(-c7nnc(-c8cc(C(C)(C)C)cc(C(C)(C)C)c8)o7)cc6)cc5)c5ccc(/C=C/c6ccc(-c7nnc(-c8cc(C(C)(C)C)cc(C(C)(C)C)c8)o7)cc6)cc5)cc4)cc3)o2)cc(C(C)(C)C)c1. The fourth-order valence-electron chi connectivity index (χ4n) is 11.7. The molecule has 0 amide bonds. The van der Waals surface area contributed by atoms with Crippen LogP contribution in [0, 0.1) is 0 Å². The highest BCUT2D eigenvalue weighted by Gasteiger charge is 2.27. The van der Waals surface area contributed by atoms with Gasteiger partial charge in [-0.05, 0) is 208 Å². The van der Waals surface area contributed by atoms with Crippen molar-refractivity contribution in [1.29, 1.82) is 0 Å². The Morgan fingerprint density at radius 2 is 0.370 bits per heavy atom. The van der Waals surface area contributed by atoms with Crippen LogP contribution in [0.3, 0.4) is 0 Å². The minimum absolute atomic E-state index is 0.0337. The van der Waals surface area contributed by atoms with Gasteiger partial charge < -0.3 is 18.2 Å². The van der Waals surface area contributed by atoms with Gasteiger partial charge >= 0.3 is 0 Å². The van der Waals surface area contributed by atoms with E-state index in [0.29, 0.717) is 35.3 Å². The van der Waals surface area contributed by atoms with Crippen molar-refractivity contribution >= 4 is 53.5 Å². The Balaban J connectivity index is 0.760. The van der Waals surface area contributed by atoms with Crippen LogP contribution < -0.4 is 4.90 Å². The molecule has 0 N–H and O–H groups in total. The normalized spacial score (nSPS) is 12.8. The molecule has 0 fully saturated rings. The molecule has 100 heavy (non-hydrogen) atoms. The molecule has 0 saturated heterocycles. The van der Waals surface area contributed by atoms with Crippen LogP contribution in [0.1, 0.15) is 191 Å². The maximum atomic E-state index is 6.34. The summed E-state index contributed by atoms with van der Waals surface area (Å²) >= 11 is 0. The molecule has 10 nitrogen and oxygen atoms in total. The number of rotatable bonds is 15. The summed E-state index contributed by atoms with van der Waals surface area (Å²) in [6, 6.07) is 70.7. The predicted octanol–water partition coefficient (Wildman–Crippen LogP) is 24.6. The molecule has 3 aromatic heterocycles. The van der Waals surface area contributed by atoms with Crippen LogP contribution in [0.5, 0.6) is 0 Å². The van der Waals surface area contributed by atoms with Gasteiger partial charge in [0.2, 0.25) is 35.3 Å². The van der Waals surface area contributed by atoms with E-state index in [-0.39, 0.29) is 32.5 Å². The molecule has 0 bridgehead atoms. The lowest BCUT2D eigenvalue weighted by Gasteiger charge is -2.26. The smallest absolute Gasteiger partial charge is 0.248 e. The van der Waals surface area contributed by atoms with Crippen LogP contribution in [-0.2, 0) is 32.5 Å². The van der Waals surface area contributed by atoms with E-state index in [2.05, 4.69) is 360 Å². The van der Waals surface area contributed by atoms with Gasteiger partial charge in [0.15, 0.2) is 0 Å². The monoisotopic (exact) mass is 1320 g/mol. The molecule has 0 atom stereocenters. The molecule has 0 aliphatic heterocycles. The molecule has 10 heteroatoms. The number of hydrogen-bond donors (Lipinski definition) is 0. The van der Waals surface area contributed by atoms with Gasteiger partial charge in [-0.15, -0.1) is 30.6 Å². The average molecular weight is 1320 g/mol. The van der Waals surface area contributed by atoms with E-state index in [0.717, 1.165) is 83.8 Å². The van der Waals surface area contributed by atoms with E-state index in [4.69, 9.17) is 13.3 Å². The van der Waals surface area contributed by atoms with Crippen LogP contribution in [0.4, 0.5) is 17.1 Å². The van der Waals surface area contributed by atoms with Crippen molar-refractivity contribution < 1.29 is 13.3 Å². The second-order valence-corrected chi connectivity index (χ2v) is 32.6. The molecule has 0 saturated carbocycles. The van der Waals surface area contributed by atoms with E-state index < -0.39 is 0 Å². The van der Waals surface area contributed by atoms with Gasteiger partial charge in [-0.3, -0.25) is 0 Å². The fraction of sp³-hybridized carbons (Fsp3) is 0.267. The van der Waals surface area contributed by atoms with Crippen molar-refractivity contribution in [3.63, 3.8) is 0 Å². The summed E-state index contributed by atoms with van der Waals surface area (Å²) in [6.07, 6.45) is 12.8. The number of anilines is 3. The molecule has 0 unspecified atom stereocenters. The summed E-state index contributed by atoms with van der Waals surface area (Å²) in [6.45, 7) is 40.2. The van der Waals surface area contributed by atoms with Crippen LogP contribution in [-0.4, -0.2) is 30.6 Å². The molecular weight excluding hydrogens is 1230 g/mol. The van der Waals surface area contributed by atoms with E-state index in [1.165, 1.54) is 33.4 Å². The maximum absolute atomic E-state index is 6.34. The largest absolute Gasteiger partial charge is 0.416 e. The van der Waals surface area contributed by atoms with Crippen LogP contribution in [0.25, 0.3) is 105 Å². The van der Waals surface area contributed by atoms with Gasteiger partial charge in [0, 0.05) is 50.4 Å². The Morgan fingerprint density at radius 3 is 0.540 bits per heavy atom. The molecular formula is C90H93N7O3. The van der Waals surface area contributed by atoms with Crippen LogP contribution >= 0.6 is 0 Å². The van der Waals surface area contributed by atoms with Crippen molar-refractivity contribution in [1.82, 2.24) is 30.6 Å². The molecule has 12 rings (SSSR count). The lowest BCUT2D eigenvalue weighted by Crippen LogP contribution is -2.16. The highest BCUT2D eigenvalue weighted by atomic mass is 16.4. The number of aromatic nitrogens is 6. The van der Waals surface area contributed by atoms with Gasteiger partial charge in [0.1, 0.15) is 0 Å². The number of benzene rings is 9. The van der Waals surface area contributed by atoms with Crippen molar-refractivity contribution in [2.75, 3.05) is 4.90 Å². The summed E-state index contributed by atoms with van der Waals surface area (Å²) in [5, 5.41) is 27.0. The van der Waals surface area contributed by atoms with E-state index in [1.54, 1.807) is 0 Å². The predicted molar refractivity (Wildman–Crippen MR) is 416 cm³/mol. The van der Waals surface area contributed by atoms with Crippen LogP contribution in [0.2, 0.25) is 0 Å². The summed E-state index contributed by atoms with van der Waals surface area (Å²) in [4.78, 5) is 2.29. The Hall–Kier alpha value is -10.6. The topological polar surface area (TPSA) is 120 Å². The standard InChI is InChI=1S/C90H93N7O3/c1-85(2,3)70-49-67(50-71(55-70)86(4,5)6)82-94-91-79(98-82)64-37-25-58(26-38-64)19-22-61-31-43-76(44-32-61)97(77-45-33-62(34-46-77)23-20-59-27-39-65(40-28-59)80-92-95-83(99-80)68-51-72(87(7,8)9)56-73(52-68)88(10,11)12)78-47-35-63(36-48-78)24-21-60-29-41-66(42-30-60)81-93-96-84(100-81)69-53-74(89(13,14)15)57-75(54-69)90(16,17)18/h19-57H,1-18H3/b22-19+,23-20+,24-21+. The van der Waals surface area contributed by atoms with E-state index >= 15 is 0 Å². The van der Waals surface area contributed by atoms with Gasteiger partial charge in [-0.25, -0.2) is 0 Å². The number of hydrogen-bond acceptors (Lipinski definition) is 10. The van der Waals surface area contributed by atoms with Crippen molar-refractivity contribution in [2.24, 2.45) is 0 Å². The molecule has 12 aromatic rings. The molecule has 0 aliphatic carbocycles. The Bertz CT molecular complexity index is 4340. The molecule has 0 radical (unpaired) electrons. The summed E-state index contributed by atoms with van der Waals surface area (Å²) in [5.74, 6) is 3.00. The summed E-state index contributed by atoms with van der Waals surface area (Å²) < 4.78 is 19.0. The first kappa shape index (κ1) is 69.3. The second kappa shape index (κ2) is 27.3. The quantitative estimate of drug-likeness (QED) is 0.0918. The zero-order valence-electron chi connectivity index (χ0n) is 61.4. The second-order valence-electron chi connectivity index (χ2n) is 32.6. The van der Waals surface area contributed by atoms with E-state index in [9.17, 15) is 0 Å². The van der Waals surface area contributed by atoms with Gasteiger partial charge in [-0.1, -0.05) is 252 Å². The highest BCUT2D eigenvalue weighted by Crippen LogP contribution is 2.40. The van der Waals surface area contributed by atoms with Crippen molar-refractivity contribution in [3.05, 3.63) is 267 Å². The minimum atomic E-state index is -0.0337. The molecule has 9 aromatic carbocycles. The highest BCUT2D eigenvalue weighted by molar-refractivity contribution is 5.81.